The molecule has 0 aromatic heterocycles. The number of hydrogen-bond acceptors (Lipinski definition) is 5. The molecule has 0 unspecified atom stereocenters. The van der Waals surface area contributed by atoms with Gasteiger partial charge in [-0.1, -0.05) is 34.1 Å². The van der Waals surface area contributed by atoms with Crippen molar-refractivity contribution in [1.29, 1.82) is 0 Å². The highest BCUT2D eigenvalue weighted by molar-refractivity contribution is 5.78. The number of nitrogens with one attached hydrogen (secondary N) is 1. The van der Waals surface area contributed by atoms with Crippen molar-refractivity contribution in [1.82, 2.24) is 10.2 Å². The summed E-state index contributed by atoms with van der Waals surface area (Å²) in [6.45, 7) is 17.3. The molecule has 1 fully saturated rings. The van der Waals surface area contributed by atoms with E-state index in [9.17, 15) is 19.5 Å². The Balaban J connectivity index is 3.16. The molecule has 0 bridgehead atoms. The molecule has 0 radical (unpaired) electrons. The van der Waals surface area contributed by atoms with E-state index in [-0.39, 0.29) is 18.2 Å². The molecule has 8 heteroatoms. The van der Waals surface area contributed by atoms with E-state index >= 15 is 0 Å². The highest BCUT2D eigenvalue weighted by Crippen LogP contribution is 2.42. The molecule has 0 aromatic rings. The molecule has 186 valence electrons. The first-order valence-corrected chi connectivity index (χ1v) is 11.7. The number of carbonyl (C=O) groups is 3. The van der Waals surface area contributed by atoms with Crippen LogP contribution in [0.1, 0.15) is 94.4 Å². The third-order valence-electron chi connectivity index (χ3n) is 5.63. The minimum absolute atomic E-state index is 0.0358. The fraction of sp³-hybridized carbons (Fsp3) is 0.875. The minimum Gasteiger partial charge on any atom is -0.481 e. The maximum Gasteiger partial charge on any atom is 0.412 e. The number of carbonyl (C=O) groups excluding carboxylic acids is 2. The summed E-state index contributed by atoms with van der Waals surface area (Å²) in [7, 11) is 0. The molecule has 3 atom stereocenters. The predicted molar refractivity (Wildman–Crippen MR) is 123 cm³/mol. The molecule has 1 aliphatic rings. The van der Waals surface area contributed by atoms with Gasteiger partial charge in [-0.2, -0.15) is 0 Å². The Morgan fingerprint density at radius 1 is 1.19 bits per heavy atom. The lowest BCUT2D eigenvalue weighted by Crippen LogP contribution is -2.51. The number of hydrogen-bond donors (Lipinski definition) is 2. The standard InChI is InChI=1S/C24H44N2O6/c1-10-11-12-25-20(29)16(2)13-18-17(14-23(6,7)15-19(27)28)26(24(8,9)31-18)21(30)32-22(3,4)5/h16-18H,10-15H2,1-9H3,(H,25,29)(H,27,28)/t16-,17+,18+/m1/s1. The van der Waals surface area contributed by atoms with Gasteiger partial charge in [-0.05, 0) is 59.3 Å². The second kappa shape index (κ2) is 10.9. The van der Waals surface area contributed by atoms with Gasteiger partial charge in [0.2, 0.25) is 5.91 Å². The van der Waals surface area contributed by atoms with E-state index < -0.39 is 40.9 Å². The zero-order chi connectivity index (χ0) is 24.9. The van der Waals surface area contributed by atoms with E-state index in [0.717, 1.165) is 12.8 Å². The summed E-state index contributed by atoms with van der Waals surface area (Å²) < 4.78 is 12.0. The quantitative estimate of drug-likeness (QED) is 0.467. The summed E-state index contributed by atoms with van der Waals surface area (Å²) in [5.41, 5.74) is -2.21. The van der Waals surface area contributed by atoms with E-state index in [0.29, 0.717) is 19.4 Å². The lowest BCUT2D eigenvalue weighted by molar-refractivity contribution is -0.139. The summed E-state index contributed by atoms with van der Waals surface area (Å²) in [5.74, 6) is -1.24. The number of nitrogens with zero attached hydrogens (tertiary/aromatic N) is 1. The van der Waals surface area contributed by atoms with Gasteiger partial charge in [-0.25, -0.2) is 4.79 Å². The second-order valence-corrected chi connectivity index (χ2v) is 11.2. The molecule has 1 aliphatic heterocycles. The predicted octanol–water partition coefficient (Wildman–Crippen LogP) is 4.56. The van der Waals surface area contributed by atoms with E-state index in [1.807, 2.05) is 20.8 Å². The van der Waals surface area contributed by atoms with Crippen molar-refractivity contribution in [3.8, 4) is 0 Å². The maximum atomic E-state index is 13.2. The molecule has 1 saturated heterocycles. The van der Waals surface area contributed by atoms with Crippen LogP contribution in [0.2, 0.25) is 0 Å². The van der Waals surface area contributed by atoms with Gasteiger partial charge in [0.15, 0.2) is 0 Å². The topological polar surface area (TPSA) is 105 Å². The summed E-state index contributed by atoms with van der Waals surface area (Å²) in [6.07, 6.45) is 1.81. The lowest BCUT2D eigenvalue weighted by Gasteiger charge is -2.38. The molecular formula is C24H44N2O6. The Bertz CT molecular complexity index is 668. The number of rotatable bonds is 10. The van der Waals surface area contributed by atoms with Crippen LogP contribution in [0, 0.1) is 11.3 Å². The molecule has 1 rings (SSSR count). The third-order valence-corrected chi connectivity index (χ3v) is 5.63. The van der Waals surface area contributed by atoms with Crippen LogP contribution in [0.3, 0.4) is 0 Å². The third kappa shape index (κ3) is 8.60. The average molecular weight is 457 g/mol. The number of amides is 2. The van der Waals surface area contributed by atoms with E-state index in [2.05, 4.69) is 12.2 Å². The summed E-state index contributed by atoms with van der Waals surface area (Å²) in [5, 5.41) is 12.3. The van der Waals surface area contributed by atoms with Crippen LogP contribution in [0.5, 0.6) is 0 Å². The first kappa shape index (κ1) is 28.2. The SMILES string of the molecule is CCCCNC(=O)[C@H](C)C[C@@H]1OC(C)(C)N(C(=O)OC(C)(C)C)[C@H]1CC(C)(C)CC(=O)O. The monoisotopic (exact) mass is 456 g/mol. The largest absolute Gasteiger partial charge is 0.481 e. The van der Waals surface area contributed by atoms with Crippen LogP contribution in [0.15, 0.2) is 0 Å². The van der Waals surface area contributed by atoms with Gasteiger partial charge in [0.25, 0.3) is 0 Å². The first-order valence-electron chi connectivity index (χ1n) is 11.7. The Morgan fingerprint density at radius 2 is 1.78 bits per heavy atom. The van der Waals surface area contributed by atoms with Crippen LogP contribution < -0.4 is 5.32 Å². The van der Waals surface area contributed by atoms with Crippen molar-refractivity contribution in [2.45, 2.75) is 118 Å². The van der Waals surface area contributed by atoms with Crippen molar-refractivity contribution >= 4 is 18.0 Å². The molecule has 0 aliphatic carbocycles. The fourth-order valence-corrected chi connectivity index (χ4v) is 4.23. The van der Waals surface area contributed by atoms with E-state index in [1.54, 1.807) is 39.5 Å². The van der Waals surface area contributed by atoms with E-state index in [1.165, 1.54) is 0 Å². The number of ether oxygens (including phenoxy) is 2. The molecule has 8 nitrogen and oxygen atoms in total. The van der Waals surface area contributed by atoms with Gasteiger partial charge >= 0.3 is 12.1 Å². The molecule has 32 heavy (non-hydrogen) atoms. The first-order chi connectivity index (χ1) is 14.5. The maximum absolute atomic E-state index is 13.2. The number of carboxylic acids is 1. The molecule has 2 amide bonds. The highest BCUT2D eigenvalue weighted by atomic mass is 16.6. The minimum atomic E-state index is -0.949. The molecule has 0 saturated carbocycles. The second-order valence-electron chi connectivity index (χ2n) is 11.2. The normalized spacial score (nSPS) is 21.8. The highest BCUT2D eigenvalue weighted by Gasteiger charge is 2.52. The Kier molecular flexibility index (Phi) is 9.57. The smallest absolute Gasteiger partial charge is 0.412 e. The van der Waals surface area contributed by atoms with Crippen molar-refractivity contribution < 1.29 is 29.0 Å². The van der Waals surface area contributed by atoms with Crippen molar-refractivity contribution in [3.63, 3.8) is 0 Å². The van der Waals surface area contributed by atoms with Gasteiger partial charge in [-0.3, -0.25) is 14.5 Å². The Morgan fingerprint density at radius 3 is 2.28 bits per heavy atom. The van der Waals surface area contributed by atoms with Crippen LogP contribution in [-0.4, -0.2) is 58.0 Å². The molecule has 0 spiro atoms. The zero-order valence-corrected chi connectivity index (χ0v) is 21.4. The molecule has 1 heterocycles. The van der Waals surface area contributed by atoms with Crippen molar-refractivity contribution in [2.75, 3.05) is 6.54 Å². The van der Waals surface area contributed by atoms with Gasteiger partial charge in [0.1, 0.15) is 11.3 Å². The average Bonchev–Trinajstić information content (AvgIpc) is 2.80. The van der Waals surface area contributed by atoms with Gasteiger partial charge in [0, 0.05) is 12.5 Å². The lowest BCUT2D eigenvalue weighted by atomic mass is 9.79. The molecule has 2 N–H and O–H groups in total. The van der Waals surface area contributed by atoms with Crippen molar-refractivity contribution in [2.24, 2.45) is 11.3 Å². The number of unbranched alkanes of at least 4 members (excludes halogenated alkanes) is 1. The zero-order valence-electron chi connectivity index (χ0n) is 21.4. The Hall–Kier alpha value is -1.83. The van der Waals surface area contributed by atoms with Crippen LogP contribution in [0.4, 0.5) is 4.79 Å². The van der Waals surface area contributed by atoms with Crippen LogP contribution in [-0.2, 0) is 19.1 Å². The van der Waals surface area contributed by atoms with Crippen LogP contribution >= 0.6 is 0 Å². The number of aliphatic carboxylic acids is 1. The fourth-order valence-electron chi connectivity index (χ4n) is 4.23. The Labute approximate surface area is 193 Å². The molecule has 0 aromatic carbocycles. The molecular weight excluding hydrogens is 412 g/mol. The van der Waals surface area contributed by atoms with E-state index in [4.69, 9.17) is 9.47 Å². The van der Waals surface area contributed by atoms with Crippen molar-refractivity contribution in [3.05, 3.63) is 0 Å². The number of carboxylic acid groups (broad SMARTS) is 1. The summed E-state index contributed by atoms with van der Waals surface area (Å²) >= 11 is 0. The summed E-state index contributed by atoms with van der Waals surface area (Å²) in [6, 6.07) is -0.417. The summed E-state index contributed by atoms with van der Waals surface area (Å²) in [4.78, 5) is 38.7. The van der Waals surface area contributed by atoms with Gasteiger partial charge in [-0.15, -0.1) is 0 Å². The van der Waals surface area contributed by atoms with Gasteiger partial charge < -0.3 is 19.9 Å². The van der Waals surface area contributed by atoms with Crippen LogP contribution in [0.25, 0.3) is 0 Å². The van der Waals surface area contributed by atoms with Gasteiger partial charge in [0.05, 0.1) is 18.6 Å².